The summed E-state index contributed by atoms with van der Waals surface area (Å²) in [4.78, 5) is 0. The average Bonchev–Trinajstić information content (AvgIpc) is 2.51. The zero-order chi connectivity index (χ0) is 15.1. The lowest BCUT2D eigenvalue weighted by atomic mass is 10.2. The molecule has 4 heteroatoms. The van der Waals surface area contributed by atoms with Crippen LogP contribution < -0.4 is 14.8 Å². The summed E-state index contributed by atoms with van der Waals surface area (Å²) in [5, 5.41) is 12.8. The maximum absolute atomic E-state index is 9.48. The van der Waals surface area contributed by atoms with Crippen molar-refractivity contribution in [3.63, 3.8) is 0 Å². The number of phenolic OH excluding ortho intramolecular Hbond substituents is 1. The Morgan fingerprint density at radius 2 is 2.00 bits per heavy atom. The van der Waals surface area contributed by atoms with Gasteiger partial charge in [-0.15, -0.1) is 0 Å². The summed E-state index contributed by atoms with van der Waals surface area (Å²) >= 11 is 0. The molecule has 0 aliphatic carbocycles. The van der Waals surface area contributed by atoms with E-state index in [1.54, 1.807) is 25.3 Å². The van der Waals surface area contributed by atoms with Gasteiger partial charge >= 0.3 is 0 Å². The highest BCUT2D eigenvalue weighted by atomic mass is 16.5. The molecule has 2 aromatic carbocycles. The van der Waals surface area contributed by atoms with Crippen LogP contribution in [0.25, 0.3) is 0 Å². The predicted octanol–water partition coefficient (Wildman–Crippen LogP) is 3.09. The van der Waals surface area contributed by atoms with Crippen LogP contribution in [0, 0.1) is 0 Å². The number of nitrogens with one attached hydrogen (secondary N) is 1. The van der Waals surface area contributed by atoms with Crippen molar-refractivity contribution in [3.05, 3.63) is 53.6 Å². The van der Waals surface area contributed by atoms with Crippen molar-refractivity contribution in [2.45, 2.75) is 20.1 Å². The molecule has 0 unspecified atom stereocenters. The second-order valence-electron chi connectivity index (χ2n) is 4.71. The van der Waals surface area contributed by atoms with E-state index in [0.29, 0.717) is 6.61 Å². The van der Waals surface area contributed by atoms with Crippen molar-refractivity contribution in [2.24, 2.45) is 0 Å². The fourth-order valence-corrected chi connectivity index (χ4v) is 2.01. The lowest BCUT2D eigenvalue weighted by molar-refractivity contribution is 0.299. The standard InChI is InChI=1S/C17H21NO3/c1-3-18-11-14-7-8-16(20-2)10-17(14)21-12-13-5-4-6-15(19)9-13/h4-10,18-19H,3,11-12H2,1-2H3. The van der Waals surface area contributed by atoms with Crippen molar-refractivity contribution in [3.8, 4) is 17.2 Å². The molecule has 0 aromatic heterocycles. The molecule has 2 rings (SSSR count). The molecule has 0 amide bonds. The summed E-state index contributed by atoms with van der Waals surface area (Å²) in [7, 11) is 1.64. The van der Waals surface area contributed by atoms with Crippen molar-refractivity contribution >= 4 is 0 Å². The van der Waals surface area contributed by atoms with E-state index in [1.165, 1.54) is 0 Å². The molecule has 21 heavy (non-hydrogen) atoms. The van der Waals surface area contributed by atoms with Gasteiger partial charge in [-0.1, -0.05) is 25.1 Å². The van der Waals surface area contributed by atoms with E-state index in [4.69, 9.17) is 9.47 Å². The van der Waals surface area contributed by atoms with Crippen molar-refractivity contribution in [2.75, 3.05) is 13.7 Å². The van der Waals surface area contributed by atoms with Crippen LogP contribution in [0.5, 0.6) is 17.2 Å². The fourth-order valence-electron chi connectivity index (χ4n) is 2.01. The highest BCUT2D eigenvalue weighted by Crippen LogP contribution is 2.26. The molecule has 0 heterocycles. The molecule has 0 aliphatic heterocycles. The maximum atomic E-state index is 9.48. The summed E-state index contributed by atoms with van der Waals surface area (Å²) in [5.74, 6) is 1.80. The van der Waals surface area contributed by atoms with Crippen LogP contribution in [-0.4, -0.2) is 18.8 Å². The van der Waals surface area contributed by atoms with E-state index in [-0.39, 0.29) is 5.75 Å². The Balaban J connectivity index is 2.12. The Labute approximate surface area is 125 Å². The number of benzene rings is 2. The monoisotopic (exact) mass is 287 g/mol. The lowest BCUT2D eigenvalue weighted by Gasteiger charge is -2.13. The van der Waals surface area contributed by atoms with Crippen LogP contribution >= 0.6 is 0 Å². The van der Waals surface area contributed by atoms with Crippen LogP contribution in [-0.2, 0) is 13.2 Å². The van der Waals surface area contributed by atoms with Crippen molar-refractivity contribution in [1.29, 1.82) is 0 Å². The first-order chi connectivity index (χ1) is 10.2. The second kappa shape index (κ2) is 7.55. The molecule has 0 bridgehead atoms. The summed E-state index contributed by atoms with van der Waals surface area (Å²) in [5.41, 5.74) is 2.00. The predicted molar refractivity (Wildman–Crippen MR) is 82.8 cm³/mol. The number of ether oxygens (including phenoxy) is 2. The molecule has 2 aromatic rings. The Bertz CT molecular complexity index is 584. The number of hydrogen-bond donors (Lipinski definition) is 2. The highest BCUT2D eigenvalue weighted by molar-refractivity contribution is 5.41. The van der Waals surface area contributed by atoms with Crippen molar-refractivity contribution in [1.82, 2.24) is 5.32 Å². The second-order valence-corrected chi connectivity index (χ2v) is 4.71. The molecule has 4 nitrogen and oxygen atoms in total. The van der Waals surface area contributed by atoms with E-state index >= 15 is 0 Å². The van der Waals surface area contributed by atoms with E-state index in [2.05, 4.69) is 12.2 Å². The number of aromatic hydroxyl groups is 1. The molecule has 112 valence electrons. The Kier molecular flexibility index (Phi) is 5.46. The quantitative estimate of drug-likeness (QED) is 0.821. The van der Waals surface area contributed by atoms with Gasteiger partial charge in [0.05, 0.1) is 7.11 Å². The van der Waals surface area contributed by atoms with Crippen LogP contribution in [0.3, 0.4) is 0 Å². The molecule has 0 fully saturated rings. The van der Waals surface area contributed by atoms with Gasteiger partial charge in [-0.05, 0) is 30.3 Å². The zero-order valence-corrected chi connectivity index (χ0v) is 12.4. The molecule has 0 aliphatic rings. The number of hydrogen-bond acceptors (Lipinski definition) is 4. The first-order valence-electron chi connectivity index (χ1n) is 7.01. The SMILES string of the molecule is CCNCc1ccc(OC)cc1OCc1cccc(O)c1. The number of phenols is 1. The third kappa shape index (κ3) is 4.39. The smallest absolute Gasteiger partial charge is 0.127 e. The van der Waals surface area contributed by atoms with Crippen LogP contribution in [0.2, 0.25) is 0 Å². The summed E-state index contributed by atoms with van der Waals surface area (Å²) < 4.78 is 11.1. The molecular weight excluding hydrogens is 266 g/mol. The third-order valence-electron chi connectivity index (χ3n) is 3.14. The third-order valence-corrected chi connectivity index (χ3v) is 3.14. The first kappa shape index (κ1) is 15.2. The number of methoxy groups -OCH3 is 1. The Morgan fingerprint density at radius 3 is 2.71 bits per heavy atom. The van der Waals surface area contributed by atoms with Crippen LogP contribution in [0.4, 0.5) is 0 Å². The minimum atomic E-state index is 0.245. The van der Waals surface area contributed by atoms with Gasteiger partial charge in [-0.2, -0.15) is 0 Å². The van der Waals surface area contributed by atoms with E-state index < -0.39 is 0 Å². The van der Waals surface area contributed by atoms with Gasteiger partial charge in [0.15, 0.2) is 0 Å². The molecule has 2 N–H and O–H groups in total. The largest absolute Gasteiger partial charge is 0.508 e. The first-order valence-corrected chi connectivity index (χ1v) is 7.01. The lowest BCUT2D eigenvalue weighted by Crippen LogP contribution is -2.13. The van der Waals surface area contributed by atoms with Gasteiger partial charge in [0.1, 0.15) is 23.9 Å². The molecule has 0 radical (unpaired) electrons. The molecule has 0 saturated heterocycles. The fraction of sp³-hybridized carbons (Fsp3) is 0.294. The van der Waals surface area contributed by atoms with Gasteiger partial charge < -0.3 is 19.9 Å². The summed E-state index contributed by atoms with van der Waals surface area (Å²) in [6.07, 6.45) is 0. The van der Waals surface area contributed by atoms with Gasteiger partial charge in [0.2, 0.25) is 0 Å². The average molecular weight is 287 g/mol. The van der Waals surface area contributed by atoms with Crippen LogP contribution in [0.15, 0.2) is 42.5 Å². The van der Waals surface area contributed by atoms with Crippen LogP contribution in [0.1, 0.15) is 18.1 Å². The molecular formula is C17H21NO3. The molecule has 0 saturated carbocycles. The van der Waals surface area contributed by atoms with E-state index in [9.17, 15) is 5.11 Å². The maximum Gasteiger partial charge on any atom is 0.127 e. The minimum Gasteiger partial charge on any atom is -0.508 e. The van der Waals surface area contributed by atoms with Gasteiger partial charge in [0.25, 0.3) is 0 Å². The topological polar surface area (TPSA) is 50.7 Å². The summed E-state index contributed by atoms with van der Waals surface area (Å²) in [6.45, 7) is 4.12. The minimum absolute atomic E-state index is 0.245. The van der Waals surface area contributed by atoms with Gasteiger partial charge in [-0.3, -0.25) is 0 Å². The van der Waals surface area contributed by atoms with Gasteiger partial charge in [-0.25, -0.2) is 0 Å². The normalized spacial score (nSPS) is 10.4. The molecule has 0 atom stereocenters. The van der Waals surface area contributed by atoms with Gasteiger partial charge in [0, 0.05) is 18.2 Å². The summed E-state index contributed by atoms with van der Waals surface area (Å²) in [6, 6.07) is 12.9. The van der Waals surface area contributed by atoms with E-state index in [0.717, 1.165) is 35.7 Å². The number of rotatable bonds is 7. The Hall–Kier alpha value is -2.20. The Morgan fingerprint density at radius 1 is 1.14 bits per heavy atom. The van der Waals surface area contributed by atoms with E-state index in [1.807, 2.05) is 24.3 Å². The zero-order valence-electron chi connectivity index (χ0n) is 12.4. The highest BCUT2D eigenvalue weighted by Gasteiger charge is 2.06. The van der Waals surface area contributed by atoms with Crippen molar-refractivity contribution < 1.29 is 14.6 Å². The molecule has 0 spiro atoms.